The number of aromatic nitrogens is 1. The fourth-order valence-electron chi connectivity index (χ4n) is 4.31. The number of rotatable bonds is 5. The van der Waals surface area contributed by atoms with Gasteiger partial charge in [-0.1, -0.05) is 0 Å². The summed E-state index contributed by atoms with van der Waals surface area (Å²) in [6.45, 7) is 1.52. The molecule has 0 spiro atoms. The molecule has 0 amide bonds. The number of ether oxygens (including phenoxy) is 2. The van der Waals surface area contributed by atoms with Crippen LogP contribution in [-0.4, -0.2) is 34.0 Å². The number of hydrogen-bond donors (Lipinski definition) is 1. The molecule has 3 aromatic rings. The Bertz CT molecular complexity index is 1240. The van der Waals surface area contributed by atoms with E-state index in [0.717, 1.165) is 60.6 Å². The van der Waals surface area contributed by atoms with Crippen molar-refractivity contribution >= 4 is 22.8 Å². The Morgan fingerprint density at radius 3 is 2.35 bits per heavy atom. The molecule has 34 heavy (non-hydrogen) atoms. The molecule has 0 bridgehead atoms. The zero-order chi connectivity index (χ0) is 24.6. The Morgan fingerprint density at radius 2 is 1.74 bits per heavy atom. The van der Waals surface area contributed by atoms with Gasteiger partial charge in [-0.3, -0.25) is 14.2 Å². The molecule has 4 rings (SSSR count). The average Bonchev–Trinajstić information content (AvgIpc) is 3.36. The van der Waals surface area contributed by atoms with Gasteiger partial charge in [0.05, 0.1) is 11.9 Å². The second kappa shape index (κ2) is 9.00. The number of phenolic OH excluding ortho intramolecular Hbond substituents is 1. The molecule has 6 nitrogen and oxygen atoms in total. The first kappa shape index (κ1) is 23.6. The molecule has 1 heterocycles. The van der Waals surface area contributed by atoms with Crippen LogP contribution in [0, 0.1) is 12.7 Å². The van der Waals surface area contributed by atoms with E-state index >= 15 is 0 Å². The van der Waals surface area contributed by atoms with Crippen molar-refractivity contribution in [2.75, 3.05) is 0 Å². The quantitative estimate of drug-likeness (QED) is 0.391. The van der Waals surface area contributed by atoms with Crippen LogP contribution in [0.1, 0.15) is 47.3 Å². The third kappa shape index (κ3) is 4.71. The molecule has 0 saturated heterocycles. The van der Waals surface area contributed by atoms with Crippen LogP contribution in [0.3, 0.4) is 0 Å². The number of halogens is 4. The summed E-state index contributed by atoms with van der Waals surface area (Å²) >= 11 is 0. The van der Waals surface area contributed by atoms with Crippen LogP contribution < -0.4 is 4.74 Å². The van der Waals surface area contributed by atoms with E-state index in [1.807, 2.05) is 0 Å². The molecule has 1 N–H and O–H groups in total. The minimum Gasteiger partial charge on any atom is -0.505 e. The summed E-state index contributed by atoms with van der Waals surface area (Å²) in [6, 6.07) is 6.72. The highest BCUT2D eigenvalue weighted by atomic mass is 19.4. The van der Waals surface area contributed by atoms with Crippen molar-refractivity contribution in [1.82, 2.24) is 4.57 Å². The molecule has 0 radical (unpaired) electrons. The average molecular weight is 479 g/mol. The SMILES string of the molecule is Cc1c(CC(=O)OC2CCCC2)c2c(F)c(O)ccc2n1C(=O)c1ccc(OC(F)(F)F)cc1. The summed E-state index contributed by atoms with van der Waals surface area (Å²) < 4.78 is 62.6. The van der Waals surface area contributed by atoms with Crippen LogP contribution >= 0.6 is 0 Å². The highest BCUT2D eigenvalue weighted by Gasteiger charge is 2.31. The maximum absolute atomic E-state index is 14.9. The summed E-state index contributed by atoms with van der Waals surface area (Å²) in [5.41, 5.74) is 0.570. The number of benzene rings is 2. The molecule has 180 valence electrons. The minimum absolute atomic E-state index is 0.0167. The van der Waals surface area contributed by atoms with Gasteiger partial charge in [0.15, 0.2) is 11.6 Å². The number of phenols is 1. The number of carbonyl (C=O) groups excluding carboxylic acids is 2. The van der Waals surface area contributed by atoms with Crippen LogP contribution in [0.15, 0.2) is 36.4 Å². The highest BCUT2D eigenvalue weighted by molar-refractivity contribution is 6.05. The van der Waals surface area contributed by atoms with Crippen molar-refractivity contribution < 1.29 is 41.7 Å². The van der Waals surface area contributed by atoms with Gasteiger partial charge < -0.3 is 14.6 Å². The van der Waals surface area contributed by atoms with Crippen molar-refractivity contribution in [3.05, 3.63) is 59.0 Å². The van der Waals surface area contributed by atoms with Gasteiger partial charge in [-0.2, -0.15) is 0 Å². The lowest BCUT2D eigenvalue weighted by molar-refractivity contribution is -0.274. The molecule has 1 aliphatic rings. The van der Waals surface area contributed by atoms with Crippen molar-refractivity contribution in [2.45, 2.75) is 51.5 Å². The normalized spacial score (nSPS) is 14.5. The van der Waals surface area contributed by atoms with Crippen molar-refractivity contribution in [2.24, 2.45) is 0 Å². The predicted octanol–water partition coefficient (Wildman–Crippen LogP) is 5.41. The van der Waals surface area contributed by atoms with E-state index in [9.17, 15) is 32.3 Å². The number of esters is 1. The van der Waals surface area contributed by atoms with Crippen LogP contribution in [0.5, 0.6) is 11.5 Å². The molecule has 2 aromatic carbocycles. The van der Waals surface area contributed by atoms with E-state index in [1.54, 1.807) is 0 Å². The van der Waals surface area contributed by atoms with Gasteiger partial charge in [0.25, 0.3) is 5.91 Å². The Kier molecular flexibility index (Phi) is 6.24. The predicted molar refractivity (Wildman–Crippen MR) is 113 cm³/mol. The lowest BCUT2D eigenvalue weighted by atomic mass is 10.1. The van der Waals surface area contributed by atoms with Crippen LogP contribution in [-0.2, 0) is 16.0 Å². The largest absolute Gasteiger partial charge is 0.573 e. The van der Waals surface area contributed by atoms with Gasteiger partial charge in [0.2, 0.25) is 0 Å². The zero-order valence-electron chi connectivity index (χ0n) is 18.1. The molecule has 0 unspecified atom stereocenters. The zero-order valence-corrected chi connectivity index (χ0v) is 18.1. The van der Waals surface area contributed by atoms with Gasteiger partial charge in [-0.15, -0.1) is 13.2 Å². The molecule has 1 saturated carbocycles. The van der Waals surface area contributed by atoms with Gasteiger partial charge in [0.1, 0.15) is 11.9 Å². The number of fused-ring (bicyclic) bond motifs is 1. The highest BCUT2D eigenvalue weighted by Crippen LogP contribution is 2.34. The molecule has 1 aromatic heterocycles. The fraction of sp³-hybridized carbons (Fsp3) is 0.333. The monoisotopic (exact) mass is 479 g/mol. The molecule has 1 aliphatic carbocycles. The first-order valence-corrected chi connectivity index (χ1v) is 10.7. The van der Waals surface area contributed by atoms with E-state index in [0.29, 0.717) is 0 Å². The topological polar surface area (TPSA) is 77.8 Å². The van der Waals surface area contributed by atoms with Crippen molar-refractivity contribution in [1.29, 1.82) is 0 Å². The first-order valence-electron chi connectivity index (χ1n) is 10.7. The van der Waals surface area contributed by atoms with E-state index in [-0.39, 0.29) is 40.2 Å². The lowest BCUT2D eigenvalue weighted by Crippen LogP contribution is -2.18. The van der Waals surface area contributed by atoms with Crippen LogP contribution in [0.2, 0.25) is 0 Å². The number of hydrogen-bond acceptors (Lipinski definition) is 5. The summed E-state index contributed by atoms with van der Waals surface area (Å²) in [4.78, 5) is 25.8. The number of aromatic hydroxyl groups is 1. The minimum atomic E-state index is -4.87. The van der Waals surface area contributed by atoms with Gasteiger partial charge in [-0.25, -0.2) is 4.39 Å². The molecule has 0 aliphatic heterocycles. The number of carbonyl (C=O) groups is 2. The van der Waals surface area contributed by atoms with Gasteiger partial charge in [0, 0.05) is 16.6 Å². The summed E-state index contributed by atoms with van der Waals surface area (Å²) in [5, 5.41) is 9.80. The summed E-state index contributed by atoms with van der Waals surface area (Å²) in [6.07, 6.45) is -1.95. The molecular formula is C24H21F4NO5. The third-order valence-corrected chi connectivity index (χ3v) is 5.87. The van der Waals surface area contributed by atoms with E-state index < -0.39 is 35.6 Å². The Balaban J connectivity index is 1.71. The van der Waals surface area contributed by atoms with E-state index in [2.05, 4.69) is 4.74 Å². The Morgan fingerprint density at radius 1 is 1.09 bits per heavy atom. The first-order chi connectivity index (χ1) is 16.0. The second-order valence-electron chi connectivity index (χ2n) is 8.14. The fourth-order valence-corrected chi connectivity index (χ4v) is 4.31. The number of nitrogens with zero attached hydrogens (tertiary/aromatic N) is 1. The second-order valence-corrected chi connectivity index (χ2v) is 8.14. The maximum Gasteiger partial charge on any atom is 0.573 e. The van der Waals surface area contributed by atoms with Gasteiger partial charge >= 0.3 is 12.3 Å². The van der Waals surface area contributed by atoms with Gasteiger partial charge in [-0.05, 0) is 74.6 Å². The van der Waals surface area contributed by atoms with Crippen molar-refractivity contribution in [3.63, 3.8) is 0 Å². The molecular weight excluding hydrogens is 458 g/mol. The third-order valence-electron chi connectivity index (χ3n) is 5.87. The molecule has 0 atom stereocenters. The van der Waals surface area contributed by atoms with E-state index in [1.165, 1.54) is 13.0 Å². The smallest absolute Gasteiger partial charge is 0.505 e. The van der Waals surface area contributed by atoms with Crippen LogP contribution in [0.25, 0.3) is 10.9 Å². The molecule has 1 fully saturated rings. The summed E-state index contributed by atoms with van der Waals surface area (Å²) in [5.74, 6) is -3.34. The number of alkyl halides is 3. The van der Waals surface area contributed by atoms with E-state index in [4.69, 9.17) is 4.74 Å². The summed E-state index contributed by atoms with van der Waals surface area (Å²) in [7, 11) is 0. The lowest BCUT2D eigenvalue weighted by Gasteiger charge is -2.12. The van der Waals surface area contributed by atoms with Crippen molar-refractivity contribution in [3.8, 4) is 11.5 Å². The van der Waals surface area contributed by atoms with Crippen LogP contribution in [0.4, 0.5) is 17.6 Å². The Labute approximate surface area is 191 Å². The Hall–Kier alpha value is -3.56. The standard InChI is InChI=1S/C24H21F4NO5/c1-13-17(12-20(31)33-15-4-2-3-5-15)21-18(10-11-19(30)22(21)25)29(13)23(32)14-6-8-16(9-7-14)34-24(26,27)28/h6-11,15,30H,2-5,12H2,1H3. The maximum atomic E-state index is 14.9. The molecule has 10 heteroatoms.